The average molecular weight is 809 g/mol. The fourth-order valence-electron chi connectivity index (χ4n) is 4.84. The number of carbonyl (C=O) groups is 2. The maximum atomic E-state index is 13.2. The standard InChI is InChI=1S/C40H48N4O12S/c1-31-37(44-39(56-31)35-10-8-34(9-11-35)38(45)43-29-33-4-2-14-41-28-33)30-57(48,49)36-12-6-32(7-13-36)5-3-16-50-18-20-52-22-24-54-26-27-55-25-23-53-21-19-51-17-15-42-40(46)47/h2,4,6-14,28,42H,15-27,29-30H2,1H3,(H,43,45)(H,46,47). The van der Waals surface area contributed by atoms with Crippen LogP contribution in [0.1, 0.15) is 32.9 Å². The third kappa shape index (κ3) is 17.2. The van der Waals surface area contributed by atoms with Crippen molar-refractivity contribution in [2.75, 3.05) is 85.8 Å². The van der Waals surface area contributed by atoms with Crippen LogP contribution in [0.3, 0.4) is 0 Å². The summed E-state index contributed by atoms with van der Waals surface area (Å²) in [5, 5.41) is 13.5. The van der Waals surface area contributed by atoms with Crippen LogP contribution in [-0.2, 0) is 50.6 Å². The summed E-state index contributed by atoms with van der Waals surface area (Å²) in [6.45, 7) is 6.81. The molecule has 4 rings (SSSR count). The molecule has 0 spiro atoms. The molecule has 0 saturated carbocycles. The van der Waals surface area contributed by atoms with E-state index in [0.717, 1.165) is 5.56 Å². The quantitative estimate of drug-likeness (QED) is 0.0612. The van der Waals surface area contributed by atoms with E-state index >= 15 is 0 Å². The second-order valence-corrected chi connectivity index (χ2v) is 14.1. The van der Waals surface area contributed by atoms with Gasteiger partial charge in [-0.05, 0) is 67.1 Å². The molecule has 306 valence electrons. The van der Waals surface area contributed by atoms with Gasteiger partial charge in [-0.1, -0.05) is 17.9 Å². The molecule has 3 N–H and O–H groups in total. The van der Waals surface area contributed by atoms with E-state index in [1.54, 1.807) is 61.8 Å². The third-order valence-corrected chi connectivity index (χ3v) is 9.44. The lowest BCUT2D eigenvalue weighted by Crippen LogP contribution is -2.25. The SMILES string of the molecule is Cc1oc(-c2ccc(C(=O)NCc3cccnc3)cc2)nc1CS(=O)(=O)c1ccc(C#CCOCCOCCOCCOCCOCCOCCNC(=O)O)cc1. The van der Waals surface area contributed by atoms with Crippen LogP contribution in [0.25, 0.3) is 11.5 Å². The molecule has 2 aromatic heterocycles. The summed E-state index contributed by atoms with van der Waals surface area (Å²) >= 11 is 0. The number of carboxylic acid groups (broad SMARTS) is 1. The number of ether oxygens (including phenoxy) is 6. The molecule has 16 nitrogen and oxygen atoms in total. The Morgan fingerprint density at radius 1 is 0.772 bits per heavy atom. The van der Waals surface area contributed by atoms with Crippen LogP contribution in [0.4, 0.5) is 4.79 Å². The molecule has 0 radical (unpaired) electrons. The zero-order valence-electron chi connectivity index (χ0n) is 31.8. The van der Waals surface area contributed by atoms with Gasteiger partial charge in [0.15, 0.2) is 9.84 Å². The second kappa shape index (κ2) is 25.1. The van der Waals surface area contributed by atoms with Gasteiger partial charge in [-0.15, -0.1) is 0 Å². The van der Waals surface area contributed by atoms with Crippen molar-refractivity contribution in [3.63, 3.8) is 0 Å². The number of rotatable bonds is 26. The van der Waals surface area contributed by atoms with Crippen molar-refractivity contribution in [1.29, 1.82) is 0 Å². The first kappa shape index (κ1) is 44.5. The number of aryl methyl sites for hydroxylation is 1. The lowest BCUT2D eigenvalue weighted by atomic mass is 10.1. The Kier molecular flexibility index (Phi) is 19.6. The van der Waals surface area contributed by atoms with E-state index in [1.165, 1.54) is 12.1 Å². The smallest absolute Gasteiger partial charge is 0.404 e. The van der Waals surface area contributed by atoms with Gasteiger partial charge in [0, 0.05) is 42.2 Å². The maximum Gasteiger partial charge on any atom is 0.404 e. The zero-order valence-corrected chi connectivity index (χ0v) is 32.6. The van der Waals surface area contributed by atoms with Crippen LogP contribution in [0.5, 0.6) is 0 Å². The van der Waals surface area contributed by atoms with Crippen molar-refractivity contribution >= 4 is 21.8 Å². The van der Waals surface area contributed by atoms with Crippen molar-refractivity contribution in [2.45, 2.75) is 24.1 Å². The minimum atomic E-state index is -3.73. The van der Waals surface area contributed by atoms with Crippen LogP contribution in [-0.4, -0.2) is 121 Å². The number of carbonyl (C=O) groups excluding carboxylic acids is 1. The van der Waals surface area contributed by atoms with E-state index < -0.39 is 15.9 Å². The number of hydrogen-bond donors (Lipinski definition) is 3. The van der Waals surface area contributed by atoms with Crippen LogP contribution >= 0.6 is 0 Å². The van der Waals surface area contributed by atoms with E-state index in [0.29, 0.717) is 107 Å². The molecule has 0 unspecified atom stereocenters. The van der Waals surface area contributed by atoms with Gasteiger partial charge in [0.2, 0.25) is 5.89 Å². The first-order valence-corrected chi connectivity index (χ1v) is 19.9. The number of benzene rings is 2. The van der Waals surface area contributed by atoms with Crippen LogP contribution in [0.15, 0.2) is 82.4 Å². The molecule has 4 aromatic rings. The molecule has 2 heterocycles. The van der Waals surface area contributed by atoms with Gasteiger partial charge in [0.1, 0.15) is 18.1 Å². The van der Waals surface area contributed by atoms with E-state index in [2.05, 4.69) is 32.4 Å². The monoisotopic (exact) mass is 808 g/mol. The molecule has 0 aliphatic carbocycles. The predicted molar refractivity (Wildman–Crippen MR) is 207 cm³/mol. The minimum absolute atomic E-state index is 0.137. The zero-order chi connectivity index (χ0) is 40.6. The molecular formula is C40H48N4O12S. The van der Waals surface area contributed by atoms with Gasteiger partial charge in [-0.2, -0.15) is 0 Å². The van der Waals surface area contributed by atoms with E-state index in [1.807, 2.05) is 6.07 Å². The Morgan fingerprint density at radius 2 is 1.37 bits per heavy atom. The second-order valence-electron chi connectivity index (χ2n) is 12.1. The molecule has 2 amide bonds. The van der Waals surface area contributed by atoms with Gasteiger partial charge in [0.05, 0.1) is 83.3 Å². The number of aromatic nitrogens is 2. The predicted octanol–water partition coefficient (Wildman–Crippen LogP) is 3.67. The Balaban J connectivity index is 1.04. The summed E-state index contributed by atoms with van der Waals surface area (Å²) < 4.78 is 64.7. The highest BCUT2D eigenvalue weighted by Crippen LogP contribution is 2.25. The molecule has 17 heteroatoms. The number of nitrogens with one attached hydrogen (secondary N) is 2. The van der Waals surface area contributed by atoms with Crippen LogP contribution < -0.4 is 10.6 Å². The molecule has 0 aliphatic heterocycles. The lowest BCUT2D eigenvalue weighted by Gasteiger charge is -2.08. The van der Waals surface area contributed by atoms with E-state index in [-0.39, 0.29) is 35.6 Å². The molecular weight excluding hydrogens is 761 g/mol. The maximum absolute atomic E-state index is 13.2. The fraction of sp³-hybridized carbons (Fsp3) is 0.400. The highest BCUT2D eigenvalue weighted by atomic mass is 32.2. The highest BCUT2D eigenvalue weighted by molar-refractivity contribution is 7.90. The number of amides is 2. The van der Waals surface area contributed by atoms with Crippen LogP contribution in [0, 0.1) is 18.8 Å². The number of hydrogen-bond acceptors (Lipinski definition) is 13. The molecule has 0 fully saturated rings. The van der Waals surface area contributed by atoms with Crippen molar-refractivity contribution in [2.24, 2.45) is 0 Å². The summed E-state index contributed by atoms with van der Waals surface area (Å²) in [6, 6.07) is 16.7. The van der Waals surface area contributed by atoms with Crippen molar-refractivity contribution in [3.8, 4) is 23.3 Å². The van der Waals surface area contributed by atoms with Gasteiger partial charge in [-0.3, -0.25) is 9.78 Å². The first-order chi connectivity index (χ1) is 27.7. The normalized spacial score (nSPS) is 11.2. The highest BCUT2D eigenvalue weighted by Gasteiger charge is 2.21. The van der Waals surface area contributed by atoms with Gasteiger partial charge >= 0.3 is 6.09 Å². The first-order valence-electron chi connectivity index (χ1n) is 18.2. The Bertz CT molecular complexity index is 1960. The fourth-order valence-corrected chi connectivity index (χ4v) is 6.18. The van der Waals surface area contributed by atoms with Crippen LogP contribution in [0.2, 0.25) is 0 Å². The van der Waals surface area contributed by atoms with Crippen molar-refractivity contribution in [1.82, 2.24) is 20.6 Å². The summed E-state index contributed by atoms with van der Waals surface area (Å²) in [6.07, 6.45) is 2.28. The van der Waals surface area contributed by atoms with Gasteiger partial charge in [-0.25, -0.2) is 18.2 Å². The third-order valence-electron chi connectivity index (χ3n) is 7.79. The van der Waals surface area contributed by atoms with E-state index in [4.69, 9.17) is 37.9 Å². The number of nitrogens with zero attached hydrogens (tertiary/aromatic N) is 2. The summed E-state index contributed by atoms with van der Waals surface area (Å²) in [5.41, 5.74) is 2.91. The molecule has 57 heavy (non-hydrogen) atoms. The summed E-state index contributed by atoms with van der Waals surface area (Å²) in [4.78, 5) is 31.5. The van der Waals surface area contributed by atoms with Gasteiger partial charge in [0.25, 0.3) is 5.91 Å². The molecule has 2 aromatic carbocycles. The number of oxazole rings is 1. The number of sulfone groups is 1. The Hall–Kier alpha value is -5.19. The molecule has 0 atom stereocenters. The van der Waals surface area contributed by atoms with Crippen molar-refractivity contribution < 1.29 is 56.0 Å². The molecule has 0 aliphatic rings. The van der Waals surface area contributed by atoms with Crippen molar-refractivity contribution in [3.05, 3.63) is 101 Å². The summed E-state index contributed by atoms with van der Waals surface area (Å²) in [5.74, 6) is 5.94. The van der Waals surface area contributed by atoms with Gasteiger partial charge < -0.3 is 48.6 Å². The number of pyridine rings is 1. The Labute approximate surface area is 332 Å². The largest absolute Gasteiger partial charge is 0.465 e. The van der Waals surface area contributed by atoms with E-state index in [9.17, 15) is 18.0 Å². The lowest BCUT2D eigenvalue weighted by molar-refractivity contribution is -0.0153. The molecule has 0 saturated heterocycles. The topological polar surface area (TPSA) is 207 Å². The minimum Gasteiger partial charge on any atom is -0.465 e. The molecule has 0 bridgehead atoms. The summed E-state index contributed by atoms with van der Waals surface area (Å²) in [7, 11) is -3.73. The average Bonchev–Trinajstić information content (AvgIpc) is 3.57. The Morgan fingerprint density at radius 3 is 1.95 bits per heavy atom.